The minimum absolute atomic E-state index is 0.0449. The highest BCUT2D eigenvalue weighted by atomic mass is 35.5. The SMILES string of the molecule is COc1ccc(OCCCC(=O)NCCSCc2ccc(Cl)c(Cl)c2)cc1. The van der Waals surface area contributed by atoms with Crippen molar-refractivity contribution in [2.75, 3.05) is 26.0 Å². The van der Waals surface area contributed by atoms with Crippen LogP contribution in [0.1, 0.15) is 18.4 Å². The molecule has 0 saturated carbocycles. The monoisotopic (exact) mass is 427 g/mol. The van der Waals surface area contributed by atoms with Crippen molar-refractivity contribution in [1.82, 2.24) is 5.32 Å². The number of amides is 1. The summed E-state index contributed by atoms with van der Waals surface area (Å²) in [4.78, 5) is 11.8. The van der Waals surface area contributed by atoms with Gasteiger partial charge >= 0.3 is 0 Å². The number of ether oxygens (including phenoxy) is 2. The standard InChI is InChI=1S/C20H23Cl2NO3S/c1-25-16-5-7-17(8-6-16)26-11-2-3-20(24)23-10-12-27-14-15-4-9-18(21)19(22)13-15/h4-9,13H,2-3,10-12,14H2,1H3,(H,23,24). The Balaban J connectivity index is 1.51. The van der Waals surface area contributed by atoms with Gasteiger partial charge in [-0.3, -0.25) is 4.79 Å². The van der Waals surface area contributed by atoms with Crippen LogP contribution in [-0.4, -0.2) is 31.9 Å². The van der Waals surface area contributed by atoms with E-state index in [-0.39, 0.29) is 5.91 Å². The highest BCUT2D eigenvalue weighted by Crippen LogP contribution is 2.24. The largest absolute Gasteiger partial charge is 0.497 e. The zero-order chi connectivity index (χ0) is 19.5. The Kier molecular flexibility index (Phi) is 9.67. The Morgan fingerprint density at radius 1 is 1.07 bits per heavy atom. The normalized spacial score (nSPS) is 10.5. The summed E-state index contributed by atoms with van der Waals surface area (Å²) in [6.45, 7) is 1.15. The molecule has 7 heteroatoms. The summed E-state index contributed by atoms with van der Waals surface area (Å²) in [5, 5.41) is 4.06. The summed E-state index contributed by atoms with van der Waals surface area (Å²) in [5.74, 6) is 3.29. The molecule has 0 aliphatic rings. The molecule has 0 aromatic heterocycles. The number of carbonyl (C=O) groups excluding carboxylic acids is 1. The van der Waals surface area contributed by atoms with Gasteiger partial charge in [-0.15, -0.1) is 0 Å². The molecule has 0 heterocycles. The third-order valence-corrected chi connectivity index (χ3v) is 5.47. The van der Waals surface area contributed by atoms with E-state index in [1.165, 1.54) is 0 Å². The summed E-state index contributed by atoms with van der Waals surface area (Å²) in [6, 6.07) is 13.0. The van der Waals surface area contributed by atoms with Crippen molar-refractivity contribution in [3.63, 3.8) is 0 Å². The molecule has 2 aromatic carbocycles. The molecule has 0 atom stereocenters. The molecule has 4 nitrogen and oxygen atoms in total. The van der Waals surface area contributed by atoms with Gasteiger partial charge in [-0.2, -0.15) is 11.8 Å². The first-order valence-electron chi connectivity index (χ1n) is 8.63. The van der Waals surface area contributed by atoms with Crippen LogP contribution in [0, 0.1) is 0 Å². The smallest absolute Gasteiger partial charge is 0.220 e. The maximum atomic E-state index is 11.8. The summed E-state index contributed by atoms with van der Waals surface area (Å²) in [7, 11) is 1.63. The number of carbonyl (C=O) groups is 1. The number of hydrogen-bond donors (Lipinski definition) is 1. The van der Waals surface area contributed by atoms with Crippen molar-refractivity contribution in [3.8, 4) is 11.5 Å². The molecular weight excluding hydrogens is 405 g/mol. The van der Waals surface area contributed by atoms with E-state index >= 15 is 0 Å². The molecule has 0 radical (unpaired) electrons. The lowest BCUT2D eigenvalue weighted by atomic mass is 10.2. The average molecular weight is 428 g/mol. The van der Waals surface area contributed by atoms with Gasteiger partial charge in [0.1, 0.15) is 11.5 Å². The quantitative estimate of drug-likeness (QED) is 0.499. The van der Waals surface area contributed by atoms with Crippen molar-refractivity contribution in [2.24, 2.45) is 0 Å². The predicted octanol–water partition coefficient (Wildman–Crippen LogP) is 5.21. The summed E-state index contributed by atoms with van der Waals surface area (Å²) < 4.78 is 10.7. The zero-order valence-corrected chi connectivity index (χ0v) is 17.5. The van der Waals surface area contributed by atoms with Crippen molar-refractivity contribution in [3.05, 3.63) is 58.1 Å². The molecule has 0 unspecified atom stereocenters. The average Bonchev–Trinajstić information content (AvgIpc) is 2.68. The van der Waals surface area contributed by atoms with Crippen LogP contribution >= 0.6 is 35.0 Å². The lowest BCUT2D eigenvalue weighted by Crippen LogP contribution is -2.25. The van der Waals surface area contributed by atoms with Crippen molar-refractivity contribution in [1.29, 1.82) is 0 Å². The molecule has 0 fully saturated rings. The Morgan fingerprint density at radius 2 is 1.81 bits per heavy atom. The summed E-state index contributed by atoms with van der Waals surface area (Å²) in [6.07, 6.45) is 1.13. The Morgan fingerprint density at radius 3 is 2.52 bits per heavy atom. The molecule has 2 aromatic rings. The maximum Gasteiger partial charge on any atom is 0.220 e. The van der Waals surface area contributed by atoms with Gasteiger partial charge in [-0.05, 0) is 48.4 Å². The second kappa shape index (κ2) is 12.0. The van der Waals surface area contributed by atoms with Gasteiger partial charge in [0.2, 0.25) is 5.91 Å². The molecule has 0 aliphatic carbocycles. The molecule has 1 amide bonds. The second-order valence-corrected chi connectivity index (χ2v) is 7.70. The van der Waals surface area contributed by atoms with E-state index in [1.54, 1.807) is 24.9 Å². The molecule has 1 N–H and O–H groups in total. The van der Waals surface area contributed by atoms with E-state index in [0.717, 1.165) is 28.6 Å². The predicted molar refractivity (Wildman–Crippen MR) is 113 cm³/mol. The van der Waals surface area contributed by atoms with Crippen LogP contribution in [0.5, 0.6) is 11.5 Å². The number of halogens is 2. The first-order chi connectivity index (χ1) is 13.1. The number of benzene rings is 2. The summed E-state index contributed by atoms with van der Waals surface area (Å²) >= 11 is 13.6. The van der Waals surface area contributed by atoms with Crippen LogP contribution in [0.3, 0.4) is 0 Å². The molecule has 146 valence electrons. The van der Waals surface area contributed by atoms with E-state index in [1.807, 2.05) is 36.4 Å². The van der Waals surface area contributed by atoms with Gasteiger partial charge in [-0.1, -0.05) is 29.3 Å². The van der Waals surface area contributed by atoms with E-state index in [0.29, 0.717) is 36.0 Å². The van der Waals surface area contributed by atoms with Crippen molar-refractivity contribution in [2.45, 2.75) is 18.6 Å². The lowest BCUT2D eigenvalue weighted by molar-refractivity contribution is -0.121. The van der Waals surface area contributed by atoms with E-state index < -0.39 is 0 Å². The minimum Gasteiger partial charge on any atom is -0.497 e. The molecule has 0 spiro atoms. The first kappa shape index (κ1) is 21.7. The number of methoxy groups -OCH3 is 1. The number of rotatable bonds is 11. The Hall–Kier alpha value is -1.56. The fourth-order valence-electron chi connectivity index (χ4n) is 2.27. The van der Waals surface area contributed by atoms with Gasteiger partial charge in [0.05, 0.1) is 23.8 Å². The van der Waals surface area contributed by atoms with Crippen molar-refractivity contribution >= 4 is 40.9 Å². The third kappa shape index (κ3) is 8.33. The first-order valence-corrected chi connectivity index (χ1v) is 10.5. The molecular formula is C20H23Cl2NO3S. The van der Waals surface area contributed by atoms with E-state index in [2.05, 4.69) is 5.32 Å². The highest BCUT2D eigenvalue weighted by Gasteiger charge is 2.03. The zero-order valence-electron chi connectivity index (χ0n) is 15.2. The molecule has 0 aliphatic heterocycles. The molecule has 0 bridgehead atoms. The number of thioether (sulfide) groups is 1. The van der Waals surface area contributed by atoms with E-state index in [9.17, 15) is 4.79 Å². The van der Waals surface area contributed by atoms with Crippen LogP contribution in [0.25, 0.3) is 0 Å². The summed E-state index contributed by atoms with van der Waals surface area (Å²) in [5.41, 5.74) is 1.12. The van der Waals surface area contributed by atoms with Crippen molar-refractivity contribution < 1.29 is 14.3 Å². The fraction of sp³-hybridized carbons (Fsp3) is 0.350. The van der Waals surface area contributed by atoms with E-state index in [4.69, 9.17) is 32.7 Å². The second-order valence-electron chi connectivity index (χ2n) is 5.78. The molecule has 0 saturated heterocycles. The molecule has 27 heavy (non-hydrogen) atoms. The highest BCUT2D eigenvalue weighted by molar-refractivity contribution is 7.98. The van der Waals surface area contributed by atoms with Gasteiger partial charge in [0.15, 0.2) is 0 Å². The fourth-order valence-corrected chi connectivity index (χ4v) is 3.39. The van der Waals surface area contributed by atoms with Gasteiger partial charge in [0.25, 0.3) is 0 Å². The Labute approximate surface area is 174 Å². The lowest BCUT2D eigenvalue weighted by Gasteiger charge is -2.08. The van der Waals surface area contributed by atoms with Gasteiger partial charge < -0.3 is 14.8 Å². The number of hydrogen-bond acceptors (Lipinski definition) is 4. The van der Waals surface area contributed by atoms with Crippen LogP contribution < -0.4 is 14.8 Å². The number of nitrogens with one attached hydrogen (secondary N) is 1. The topological polar surface area (TPSA) is 47.6 Å². The molecule has 2 rings (SSSR count). The van der Waals surface area contributed by atoms with Gasteiger partial charge in [0, 0.05) is 24.5 Å². The Bertz CT molecular complexity index is 726. The van der Waals surface area contributed by atoms with Gasteiger partial charge in [-0.25, -0.2) is 0 Å². The van der Waals surface area contributed by atoms with Crippen LogP contribution in [0.15, 0.2) is 42.5 Å². The van der Waals surface area contributed by atoms with Crippen LogP contribution in [-0.2, 0) is 10.5 Å². The van der Waals surface area contributed by atoms with Crippen LogP contribution in [0.2, 0.25) is 10.0 Å². The minimum atomic E-state index is 0.0449. The third-order valence-electron chi connectivity index (χ3n) is 3.70. The maximum absolute atomic E-state index is 11.8. The van der Waals surface area contributed by atoms with Crippen LogP contribution in [0.4, 0.5) is 0 Å².